The molecule has 0 aliphatic carbocycles. The Balaban J connectivity index is 4.01. The summed E-state index contributed by atoms with van der Waals surface area (Å²) in [7, 11) is 0. The Bertz CT molecular complexity index is 197. The lowest BCUT2D eigenvalue weighted by molar-refractivity contribution is 0.568. The zero-order valence-electron chi connectivity index (χ0n) is 9.12. The van der Waals surface area contributed by atoms with Crippen molar-refractivity contribution >= 4 is 81.2 Å². The second-order valence-electron chi connectivity index (χ2n) is 3.85. The van der Waals surface area contributed by atoms with E-state index in [9.17, 15) is 0 Å². The summed E-state index contributed by atoms with van der Waals surface area (Å²) >= 11 is 41.5. The predicted octanol–water partition coefficient (Wildman–Crippen LogP) is 6.02. The molecule has 0 bridgehead atoms. The molecular weight excluding hydrogens is 368 g/mol. The molecule has 0 saturated heterocycles. The SMILES string of the molecule is ClCC(Cl)CCC(Cl)C(Cl)(Cl)CCC(Cl)CCl. The van der Waals surface area contributed by atoms with Crippen LogP contribution in [-0.4, -0.2) is 32.2 Å². The van der Waals surface area contributed by atoms with Gasteiger partial charge in [0.05, 0.1) is 5.38 Å². The third-order valence-corrected chi connectivity index (χ3v) is 5.84. The molecule has 0 aromatic rings. The van der Waals surface area contributed by atoms with Crippen molar-refractivity contribution in [2.24, 2.45) is 0 Å². The predicted molar refractivity (Wildman–Crippen MR) is 83.3 cm³/mol. The summed E-state index contributed by atoms with van der Waals surface area (Å²) in [6.45, 7) is 0. The monoisotopic (exact) mass is 380 g/mol. The minimum Gasteiger partial charge on any atom is -0.125 e. The van der Waals surface area contributed by atoms with Crippen LogP contribution in [0.5, 0.6) is 0 Å². The lowest BCUT2D eigenvalue weighted by Gasteiger charge is -2.26. The van der Waals surface area contributed by atoms with Crippen molar-refractivity contribution < 1.29 is 0 Å². The molecule has 0 aliphatic rings. The van der Waals surface area contributed by atoms with Crippen LogP contribution in [0.4, 0.5) is 0 Å². The Morgan fingerprint density at radius 2 is 1.24 bits per heavy atom. The van der Waals surface area contributed by atoms with E-state index in [1.165, 1.54) is 0 Å². The van der Waals surface area contributed by atoms with E-state index in [4.69, 9.17) is 81.2 Å². The molecule has 0 rings (SSSR count). The molecule has 0 fully saturated rings. The van der Waals surface area contributed by atoms with Crippen molar-refractivity contribution in [3.8, 4) is 0 Å². The summed E-state index contributed by atoms with van der Waals surface area (Å²) in [5, 5.41) is -0.624. The summed E-state index contributed by atoms with van der Waals surface area (Å²) in [6.07, 6.45) is 2.42. The van der Waals surface area contributed by atoms with Gasteiger partial charge in [0.15, 0.2) is 0 Å². The van der Waals surface area contributed by atoms with Gasteiger partial charge >= 0.3 is 0 Å². The van der Waals surface area contributed by atoms with Crippen LogP contribution in [0.1, 0.15) is 25.7 Å². The van der Waals surface area contributed by atoms with Gasteiger partial charge in [-0.15, -0.1) is 81.2 Å². The van der Waals surface area contributed by atoms with Gasteiger partial charge in [0.1, 0.15) is 4.33 Å². The molecule has 0 amide bonds. The quantitative estimate of drug-likeness (QED) is 0.427. The molecular formula is C10H15Cl7. The third-order valence-electron chi connectivity index (χ3n) is 2.32. The van der Waals surface area contributed by atoms with E-state index >= 15 is 0 Å². The van der Waals surface area contributed by atoms with Crippen LogP contribution in [0.25, 0.3) is 0 Å². The maximum absolute atomic E-state index is 6.17. The number of rotatable bonds is 9. The Hall–Kier alpha value is 2.03. The summed E-state index contributed by atoms with van der Waals surface area (Å²) in [4.78, 5) is 0. The molecule has 3 unspecified atom stereocenters. The Morgan fingerprint density at radius 3 is 1.71 bits per heavy atom. The van der Waals surface area contributed by atoms with E-state index in [0.29, 0.717) is 37.4 Å². The van der Waals surface area contributed by atoms with Crippen LogP contribution >= 0.6 is 81.2 Å². The summed E-state index contributed by atoms with van der Waals surface area (Å²) in [5.74, 6) is 0.757. The van der Waals surface area contributed by atoms with E-state index in [1.54, 1.807) is 0 Å². The van der Waals surface area contributed by atoms with Gasteiger partial charge in [0.2, 0.25) is 0 Å². The average Bonchev–Trinajstić information content (AvgIpc) is 2.32. The summed E-state index contributed by atoms with van der Waals surface area (Å²) < 4.78 is -1.01. The number of hydrogen-bond donors (Lipinski definition) is 0. The molecule has 3 atom stereocenters. The highest BCUT2D eigenvalue weighted by Crippen LogP contribution is 2.38. The topological polar surface area (TPSA) is 0 Å². The first kappa shape index (κ1) is 19.0. The molecule has 0 aromatic heterocycles. The van der Waals surface area contributed by atoms with Crippen LogP contribution < -0.4 is 0 Å². The lowest BCUT2D eigenvalue weighted by Crippen LogP contribution is -2.28. The maximum atomic E-state index is 6.17. The van der Waals surface area contributed by atoms with Gasteiger partial charge in [-0.3, -0.25) is 0 Å². The highest BCUT2D eigenvalue weighted by atomic mass is 35.5. The van der Waals surface area contributed by atoms with Crippen molar-refractivity contribution in [1.82, 2.24) is 0 Å². The Kier molecular flexibility index (Phi) is 11.0. The van der Waals surface area contributed by atoms with Crippen LogP contribution in [0.2, 0.25) is 0 Å². The largest absolute Gasteiger partial charge is 0.134 e. The highest BCUT2D eigenvalue weighted by Gasteiger charge is 2.33. The third kappa shape index (κ3) is 8.74. The standard InChI is InChI=1S/C10H15Cl7/c11-5-7(13)1-2-9(15)10(16,17)4-3-8(14)6-12/h7-9H,1-6H2. The van der Waals surface area contributed by atoms with Gasteiger partial charge in [-0.05, 0) is 25.7 Å². The molecule has 0 heterocycles. The molecule has 0 aromatic carbocycles. The van der Waals surface area contributed by atoms with Gasteiger partial charge in [-0.25, -0.2) is 0 Å². The first-order valence-electron chi connectivity index (χ1n) is 5.25. The van der Waals surface area contributed by atoms with Crippen LogP contribution in [0.15, 0.2) is 0 Å². The summed E-state index contributed by atoms with van der Waals surface area (Å²) in [5.41, 5.74) is 0. The Morgan fingerprint density at radius 1 is 0.765 bits per heavy atom. The number of hydrogen-bond acceptors (Lipinski definition) is 0. The first-order valence-corrected chi connectivity index (χ1v) is 8.38. The second kappa shape index (κ2) is 9.86. The van der Waals surface area contributed by atoms with Gasteiger partial charge in [0.25, 0.3) is 0 Å². The van der Waals surface area contributed by atoms with E-state index in [0.717, 1.165) is 0 Å². The van der Waals surface area contributed by atoms with Crippen LogP contribution in [0, 0.1) is 0 Å². The minimum absolute atomic E-state index is 0.106. The fraction of sp³-hybridized carbons (Fsp3) is 1.00. The van der Waals surface area contributed by atoms with Gasteiger partial charge in [0, 0.05) is 22.5 Å². The minimum atomic E-state index is -1.01. The average molecular weight is 383 g/mol. The number of alkyl halides is 7. The highest BCUT2D eigenvalue weighted by molar-refractivity contribution is 6.52. The van der Waals surface area contributed by atoms with E-state index in [1.807, 2.05) is 0 Å². The van der Waals surface area contributed by atoms with Gasteiger partial charge in [-0.2, -0.15) is 0 Å². The Labute approximate surface area is 138 Å². The zero-order valence-corrected chi connectivity index (χ0v) is 14.4. The van der Waals surface area contributed by atoms with Gasteiger partial charge in [-0.1, -0.05) is 0 Å². The second-order valence-corrected chi connectivity index (χ2v) is 7.77. The molecule has 0 spiro atoms. The maximum Gasteiger partial charge on any atom is 0.134 e. The molecule has 0 saturated carbocycles. The van der Waals surface area contributed by atoms with E-state index in [-0.39, 0.29) is 16.1 Å². The number of halogens is 7. The zero-order chi connectivity index (χ0) is 13.5. The van der Waals surface area contributed by atoms with E-state index in [2.05, 4.69) is 0 Å². The van der Waals surface area contributed by atoms with Crippen LogP contribution in [-0.2, 0) is 0 Å². The van der Waals surface area contributed by atoms with Crippen molar-refractivity contribution in [2.45, 2.75) is 46.1 Å². The van der Waals surface area contributed by atoms with Crippen molar-refractivity contribution in [1.29, 1.82) is 0 Å². The summed E-state index contributed by atoms with van der Waals surface area (Å²) in [6, 6.07) is 0. The molecule has 0 nitrogen and oxygen atoms in total. The lowest BCUT2D eigenvalue weighted by atomic mass is 10.1. The van der Waals surface area contributed by atoms with E-state index < -0.39 is 4.33 Å². The van der Waals surface area contributed by atoms with Gasteiger partial charge < -0.3 is 0 Å². The smallest absolute Gasteiger partial charge is 0.125 e. The molecule has 0 aliphatic heterocycles. The molecule has 104 valence electrons. The molecule has 0 radical (unpaired) electrons. The molecule has 0 N–H and O–H groups in total. The molecule has 7 heteroatoms. The fourth-order valence-corrected chi connectivity index (χ4v) is 2.41. The normalized spacial score (nSPS) is 17.8. The van der Waals surface area contributed by atoms with Crippen molar-refractivity contribution in [3.05, 3.63) is 0 Å². The fourth-order valence-electron chi connectivity index (χ4n) is 1.20. The first-order chi connectivity index (χ1) is 7.83. The van der Waals surface area contributed by atoms with Crippen LogP contribution in [0.3, 0.4) is 0 Å². The van der Waals surface area contributed by atoms with Crippen molar-refractivity contribution in [2.75, 3.05) is 11.8 Å². The van der Waals surface area contributed by atoms with Crippen molar-refractivity contribution in [3.63, 3.8) is 0 Å². The molecule has 17 heavy (non-hydrogen) atoms.